The molecule has 35 heavy (non-hydrogen) atoms. The fourth-order valence-electron chi connectivity index (χ4n) is 3.66. The van der Waals surface area contributed by atoms with Gasteiger partial charge in [0.2, 0.25) is 15.9 Å². The minimum atomic E-state index is -3.87. The predicted octanol–water partition coefficient (Wildman–Crippen LogP) is 3.14. The molecule has 0 heterocycles. The first kappa shape index (κ1) is 29.0. The van der Waals surface area contributed by atoms with Gasteiger partial charge in [-0.3, -0.25) is 4.79 Å². The number of nitrogens with zero attached hydrogens (tertiary/aromatic N) is 1. The van der Waals surface area contributed by atoms with E-state index in [1.54, 1.807) is 38.1 Å². The molecule has 0 saturated carbocycles. The highest BCUT2D eigenvalue weighted by Gasteiger charge is 2.32. The third kappa shape index (κ3) is 8.42. The second kappa shape index (κ2) is 13.2. The van der Waals surface area contributed by atoms with E-state index >= 15 is 0 Å². The molecule has 0 aromatic heterocycles. The Labute approximate surface area is 210 Å². The lowest BCUT2D eigenvalue weighted by molar-refractivity contribution is -0.133. The fourth-order valence-corrected chi connectivity index (χ4v) is 5.24. The predicted molar refractivity (Wildman–Crippen MR) is 138 cm³/mol. The van der Waals surface area contributed by atoms with Crippen LogP contribution in [0.25, 0.3) is 0 Å². The van der Waals surface area contributed by atoms with E-state index in [0.29, 0.717) is 6.42 Å². The summed E-state index contributed by atoms with van der Waals surface area (Å²) in [4.78, 5) is 12.8. The summed E-state index contributed by atoms with van der Waals surface area (Å²) in [6.45, 7) is 9.36. The molecule has 0 radical (unpaired) electrons. The Morgan fingerprint density at radius 3 is 2.11 bits per heavy atom. The molecule has 7 nitrogen and oxygen atoms in total. The molecular weight excluding hydrogens is 464 g/mol. The first-order chi connectivity index (χ1) is 16.4. The number of hydrogen-bond donors (Lipinski definition) is 3. The third-order valence-electron chi connectivity index (χ3n) is 6.25. The van der Waals surface area contributed by atoms with Gasteiger partial charge in [0.15, 0.2) is 0 Å². The number of aliphatic hydroxyl groups excluding tert-OH is 2. The molecule has 0 aliphatic rings. The molecular formula is C27H40N2O5S. The minimum Gasteiger partial charge on any atom is -0.390 e. The number of rotatable bonds is 13. The van der Waals surface area contributed by atoms with E-state index in [0.717, 1.165) is 17.5 Å². The summed E-state index contributed by atoms with van der Waals surface area (Å²) in [7, 11) is -3.87. The topological polar surface area (TPSA) is 107 Å². The highest BCUT2D eigenvalue weighted by molar-refractivity contribution is 7.89. The maximum Gasteiger partial charge on any atom is 0.249 e. The highest BCUT2D eigenvalue weighted by atomic mass is 32.2. The van der Waals surface area contributed by atoms with E-state index in [9.17, 15) is 23.4 Å². The first-order valence-corrected chi connectivity index (χ1v) is 13.7. The Balaban J connectivity index is 2.34. The molecule has 2 aromatic rings. The molecule has 0 aliphatic heterocycles. The van der Waals surface area contributed by atoms with Crippen LogP contribution < -0.4 is 5.32 Å². The average Bonchev–Trinajstić information content (AvgIpc) is 2.83. The second-order valence-electron chi connectivity index (χ2n) is 9.71. The third-order valence-corrected chi connectivity index (χ3v) is 8.10. The Hall–Kier alpha value is -2.26. The van der Waals surface area contributed by atoms with Crippen LogP contribution in [0.3, 0.4) is 0 Å². The molecule has 0 spiro atoms. The number of benzene rings is 2. The molecule has 1 amide bonds. The Morgan fingerprint density at radius 1 is 0.971 bits per heavy atom. The van der Waals surface area contributed by atoms with E-state index in [1.165, 1.54) is 4.31 Å². The number of amides is 1. The van der Waals surface area contributed by atoms with Crippen LogP contribution in [0.5, 0.6) is 0 Å². The number of carbonyl (C=O) groups excluding carboxylic acids is 1. The van der Waals surface area contributed by atoms with Crippen molar-refractivity contribution < 1.29 is 23.4 Å². The van der Waals surface area contributed by atoms with Gasteiger partial charge >= 0.3 is 0 Å². The largest absolute Gasteiger partial charge is 0.390 e. The highest BCUT2D eigenvalue weighted by Crippen LogP contribution is 2.20. The van der Waals surface area contributed by atoms with Crippen LogP contribution in [0.2, 0.25) is 0 Å². The summed E-state index contributed by atoms with van der Waals surface area (Å²) in [5.41, 5.74) is 1.83. The van der Waals surface area contributed by atoms with Crippen LogP contribution in [-0.4, -0.2) is 60.2 Å². The molecule has 0 fully saturated rings. The van der Waals surface area contributed by atoms with Crippen molar-refractivity contribution in [2.45, 2.75) is 70.6 Å². The van der Waals surface area contributed by atoms with Crippen molar-refractivity contribution in [2.75, 3.05) is 13.1 Å². The van der Waals surface area contributed by atoms with Crippen molar-refractivity contribution in [2.24, 2.45) is 11.8 Å². The number of nitrogens with one attached hydrogen (secondary N) is 1. The normalized spacial score (nSPS) is 15.6. The number of carbonyl (C=O) groups is 1. The summed E-state index contributed by atoms with van der Waals surface area (Å²) in [6.07, 6.45) is -1.35. The van der Waals surface area contributed by atoms with Crippen molar-refractivity contribution in [1.82, 2.24) is 9.62 Å². The van der Waals surface area contributed by atoms with Crippen molar-refractivity contribution in [3.8, 4) is 0 Å². The lowest BCUT2D eigenvalue weighted by Gasteiger charge is -2.31. The molecule has 2 aromatic carbocycles. The molecule has 0 bridgehead atoms. The molecule has 0 aliphatic carbocycles. The number of sulfonamides is 1. The quantitative estimate of drug-likeness (QED) is 0.389. The zero-order valence-electron chi connectivity index (χ0n) is 21.4. The van der Waals surface area contributed by atoms with Crippen LogP contribution in [0.4, 0.5) is 0 Å². The van der Waals surface area contributed by atoms with Gasteiger partial charge in [0.1, 0.15) is 6.10 Å². The second-order valence-corrected chi connectivity index (χ2v) is 11.6. The van der Waals surface area contributed by atoms with E-state index in [-0.39, 0.29) is 29.8 Å². The first-order valence-electron chi connectivity index (χ1n) is 12.2. The summed E-state index contributed by atoms with van der Waals surface area (Å²) < 4.78 is 28.3. The maximum atomic E-state index is 13.5. The van der Waals surface area contributed by atoms with E-state index in [4.69, 9.17) is 0 Å². The summed E-state index contributed by atoms with van der Waals surface area (Å²) >= 11 is 0. The van der Waals surface area contributed by atoms with Gasteiger partial charge in [-0.2, -0.15) is 4.31 Å². The van der Waals surface area contributed by atoms with Crippen molar-refractivity contribution >= 4 is 15.9 Å². The van der Waals surface area contributed by atoms with Gasteiger partial charge in [0.25, 0.3) is 0 Å². The average molecular weight is 505 g/mol. The fraction of sp³-hybridized carbons (Fsp3) is 0.519. The molecule has 0 saturated heterocycles. The molecule has 2 rings (SSSR count). The summed E-state index contributed by atoms with van der Waals surface area (Å²) in [5, 5.41) is 24.2. The van der Waals surface area contributed by atoms with Gasteiger partial charge in [-0.25, -0.2) is 8.42 Å². The number of aliphatic hydroxyl groups is 2. The minimum absolute atomic E-state index is 0.0763. The lowest BCUT2D eigenvalue weighted by Crippen LogP contribution is -2.53. The van der Waals surface area contributed by atoms with Crippen molar-refractivity contribution in [3.63, 3.8) is 0 Å². The Kier molecular flexibility index (Phi) is 10.9. The van der Waals surface area contributed by atoms with Crippen LogP contribution in [-0.2, 0) is 21.2 Å². The molecule has 8 heteroatoms. The van der Waals surface area contributed by atoms with Crippen LogP contribution in [0.1, 0.15) is 45.2 Å². The molecule has 3 N–H and O–H groups in total. The SMILES string of the molecule is CC[C@H](C)CN(C[C@@H](O)[C@H](Cc1ccccc1)NC(=O)C(O)C(C)C)S(=O)(=O)c1ccc(C)cc1. The zero-order chi connectivity index (χ0) is 26.2. The van der Waals surface area contributed by atoms with E-state index in [1.807, 2.05) is 51.1 Å². The van der Waals surface area contributed by atoms with E-state index in [2.05, 4.69) is 5.32 Å². The summed E-state index contributed by atoms with van der Waals surface area (Å²) in [5.74, 6) is -0.810. The monoisotopic (exact) mass is 504 g/mol. The smallest absolute Gasteiger partial charge is 0.249 e. The van der Waals surface area contributed by atoms with Crippen LogP contribution in [0.15, 0.2) is 59.5 Å². The molecule has 1 unspecified atom stereocenters. The Morgan fingerprint density at radius 2 is 1.57 bits per heavy atom. The number of hydrogen-bond acceptors (Lipinski definition) is 5. The van der Waals surface area contributed by atoms with Crippen molar-refractivity contribution in [3.05, 3.63) is 65.7 Å². The Bertz CT molecular complexity index is 1030. The standard InChI is InChI=1S/C27H40N2O5S/c1-6-20(4)17-29(35(33,34)23-14-12-21(5)13-15-23)18-25(30)24(16-22-10-8-7-9-11-22)28-27(32)26(31)19(2)3/h7-15,19-20,24-26,30-31H,6,16-18H2,1-5H3,(H,28,32)/t20-,24-,25+,26?/m0/s1. The number of aryl methyl sites for hydroxylation is 1. The van der Waals surface area contributed by atoms with E-state index < -0.39 is 34.2 Å². The van der Waals surface area contributed by atoms with Gasteiger partial charge in [0, 0.05) is 13.1 Å². The van der Waals surface area contributed by atoms with Gasteiger partial charge in [0.05, 0.1) is 17.0 Å². The zero-order valence-corrected chi connectivity index (χ0v) is 22.2. The van der Waals surface area contributed by atoms with Crippen LogP contribution >= 0.6 is 0 Å². The van der Waals surface area contributed by atoms with Gasteiger partial charge in [-0.05, 0) is 42.9 Å². The van der Waals surface area contributed by atoms with Gasteiger partial charge in [-0.1, -0.05) is 82.1 Å². The van der Waals surface area contributed by atoms with Gasteiger partial charge < -0.3 is 15.5 Å². The van der Waals surface area contributed by atoms with Gasteiger partial charge in [-0.15, -0.1) is 0 Å². The molecule has 4 atom stereocenters. The lowest BCUT2D eigenvalue weighted by atomic mass is 9.99. The van der Waals surface area contributed by atoms with Crippen LogP contribution in [0, 0.1) is 18.8 Å². The summed E-state index contributed by atoms with van der Waals surface area (Å²) in [6, 6.07) is 15.2. The molecule has 194 valence electrons. The maximum absolute atomic E-state index is 13.5. The van der Waals surface area contributed by atoms with Crippen molar-refractivity contribution in [1.29, 1.82) is 0 Å².